The molecule has 2 heterocycles. The van der Waals surface area contributed by atoms with E-state index in [2.05, 4.69) is 5.10 Å². The molecule has 1 aliphatic heterocycles. The minimum atomic E-state index is -0.505. The molecule has 1 amide bonds. The van der Waals surface area contributed by atoms with Gasteiger partial charge in [0.05, 0.1) is 17.7 Å². The third-order valence-corrected chi connectivity index (χ3v) is 5.25. The number of nitrogens with zero attached hydrogens (tertiary/aromatic N) is 4. The summed E-state index contributed by atoms with van der Waals surface area (Å²) in [6, 6.07) is 13.2. The van der Waals surface area contributed by atoms with Crippen LogP contribution in [0.4, 0.5) is 5.69 Å². The number of nitro groups is 1. The first kappa shape index (κ1) is 20.4. The molecule has 1 saturated heterocycles. The Bertz CT molecular complexity index is 1120. The van der Waals surface area contributed by atoms with E-state index in [1.165, 1.54) is 16.8 Å². The van der Waals surface area contributed by atoms with Gasteiger partial charge in [0.15, 0.2) is 5.69 Å². The Morgan fingerprint density at radius 2 is 1.77 bits per heavy atom. The lowest BCUT2D eigenvalue weighted by Crippen LogP contribution is -2.28. The maximum atomic E-state index is 13.1. The van der Waals surface area contributed by atoms with Crippen LogP contribution in [0.25, 0.3) is 5.69 Å². The number of ether oxygens (including phenoxy) is 2. The number of amides is 1. The summed E-state index contributed by atoms with van der Waals surface area (Å²) >= 11 is 0. The minimum absolute atomic E-state index is 0.0745. The molecule has 0 aliphatic carbocycles. The van der Waals surface area contributed by atoms with Gasteiger partial charge in [0.2, 0.25) is 11.6 Å². The topological polar surface area (TPSA) is 99.7 Å². The van der Waals surface area contributed by atoms with Crippen LogP contribution in [0.3, 0.4) is 0 Å². The molecule has 0 N–H and O–H groups in total. The van der Waals surface area contributed by atoms with Gasteiger partial charge >= 0.3 is 5.69 Å². The number of nitro benzene ring substituents is 1. The van der Waals surface area contributed by atoms with Crippen LogP contribution in [-0.4, -0.2) is 45.7 Å². The maximum absolute atomic E-state index is 13.1. The van der Waals surface area contributed by atoms with Gasteiger partial charge in [0, 0.05) is 24.7 Å². The smallest absolute Gasteiger partial charge is 0.311 e. The number of methoxy groups -OCH3 is 1. The summed E-state index contributed by atoms with van der Waals surface area (Å²) in [7, 11) is 1.57. The number of rotatable bonds is 6. The van der Waals surface area contributed by atoms with Crippen LogP contribution in [-0.2, 0) is 0 Å². The van der Waals surface area contributed by atoms with Crippen molar-refractivity contribution in [3.8, 4) is 23.1 Å². The summed E-state index contributed by atoms with van der Waals surface area (Å²) in [4.78, 5) is 25.8. The van der Waals surface area contributed by atoms with Gasteiger partial charge in [-0.05, 0) is 50.1 Å². The van der Waals surface area contributed by atoms with Crippen LogP contribution in [0.1, 0.15) is 28.9 Å². The van der Waals surface area contributed by atoms with Crippen LogP contribution < -0.4 is 9.47 Å². The number of likely N-dealkylation sites (tertiary alicyclic amines) is 1. The number of benzene rings is 2. The first-order valence-electron chi connectivity index (χ1n) is 9.94. The van der Waals surface area contributed by atoms with E-state index < -0.39 is 4.92 Å². The Kier molecular flexibility index (Phi) is 5.57. The zero-order chi connectivity index (χ0) is 22.0. The number of para-hydroxylation sites is 2. The second-order valence-electron chi connectivity index (χ2n) is 7.21. The Labute approximate surface area is 179 Å². The molecular weight excluding hydrogens is 400 g/mol. The van der Waals surface area contributed by atoms with Crippen molar-refractivity contribution < 1.29 is 19.2 Å². The minimum Gasteiger partial charge on any atom is -0.497 e. The van der Waals surface area contributed by atoms with E-state index in [1.807, 2.05) is 0 Å². The third kappa shape index (κ3) is 3.94. The van der Waals surface area contributed by atoms with Gasteiger partial charge in [0.1, 0.15) is 5.75 Å². The SMILES string of the molecule is COc1ccc(-n2nc(C(=O)N3CCCC3)c(C)c2Oc2ccccc2[N+](=O)[O-])cc1. The fraction of sp³-hybridized carbons (Fsp3) is 0.273. The third-order valence-electron chi connectivity index (χ3n) is 5.25. The van der Waals surface area contributed by atoms with Crippen LogP contribution in [0, 0.1) is 17.0 Å². The average molecular weight is 422 g/mol. The van der Waals surface area contributed by atoms with Gasteiger partial charge in [0.25, 0.3) is 5.91 Å². The quantitative estimate of drug-likeness (QED) is 0.437. The summed E-state index contributed by atoms with van der Waals surface area (Å²) in [5.41, 5.74) is 1.26. The summed E-state index contributed by atoms with van der Waals surface area (Å²) < 4.78 is 12.7. The number of aromatic nitrogens is 2. The van der Waals surface area contributed by atoms with Gasteiger partial charge in [-0.2, -0.15) is 9.78 Å². The fourth-order valence-corrected chi connectivity index (χ4v) is 3.57. The molecule has 1 aliphatic rings. The van der Waals surface area contributed by atoms with E-state index in [9.17, 15) is 14.9 Å². The van der Waals surface area contributed by atoms with Crippen molar-refractivity contribution in [3.63, 3.8) is 0 Å². The van der Waals surface area contributed by atoms with E-state index >= 15 is 0 Å². The second-order valence-corrected chi connectivity index (χ2v) is 7.21. The van der Waals surface area contributed by atoms with Crippen molar-refractivity contribution in [1.82, 2.24) is 14.7 Å². The standard InChI is InChI=1S/C22H22N4O5/c1-15-20(21(27)24-13-5-6-14-24)23-25(16-9-11-17(30-2)12-10-16)22(15)31-19-8-4-3-7-18(19)26(28)29/h3-4,7-12H,5-6,13-14H2,1-2H3. The van der Waals surface area contributed by atoms with Crippen molar-refractivity contribution in [1.29, 1.82) is 0 Å². The number of carbonyl (C=O) groups excluding carboxylic acids is 1. The van der Waals surface area contributed by atoms with Crippen LogP contribution in [0.2, 0.25) is 0 Å². The van der Waals surface area contributed by atoms with Crippen LogP contribution >= 0.6 is 0 Å². The molecule has 0 atom stereocenters. The van der Waals surface area contributed by atoms with E-state index in [0.29, 0.717) is 30.1 Å². The van der Waals surface area contributed by atoms with Crippen molar-refractivity contribution in [2.24, 2.45) is 0 Å². The van der Waals surface area contributed by atoms with Crippen molar-refractivity contribution in [2.45, 2.75) is 19.8 Å². The van der Waals surface area contributed by atoms with Gasteiger partial charge in [-0.1, -0.05) is 12.1 Å². The van der Waals surface area contributed by atoms with Crippen molar-refractivity contribution >= 4 is 11.6 Å². The lowest BCUT2D eigenvalue weighted by molar-refractivity contribution is -0.385. The molecule has 2 aromatic carbocycles. The molecule has 0 bridgehead atoms. The molecule has 0 saturated carbocycles. The Morgan fingerprint density at radius 3 is 2.42 bits per heavy atom. The molecule has 4 rings (SSSR count). The highest BCUT2D eigenvalue weighted by Crippen LogP contribution is 2.35. The lowest BCUT2D eigenvalue weighted by atomic mass is 10.2. The van der Waals surface area contributed by atoms with E-state index in [0.717, 1.165) is 12.8 Å². The molecular formula is C22H22N4O5. The highest BCUT2D eigenvalue weighted by Gasteiger charge is 2.29. The number of hydrogen-bond acceptors (Lipinski definition) is 6. The largest absolute Gasteiger partial charge is 0.497 e. The predicted octanol–water partition coefficient (Wildman–Crippen LogP) is 4.13. The van der Waals surface area contributed by atoms with Gasteiger partial charge in [-0.3, -0.25) is 14.9 Å². The van der Waals surface area contributed by atoms with Gasteiger partial charge in [-0.25, -0.2) is 0 Å². The Morgan fingerprint density at radius 1 is 1.10 bits per heavy atom. The zero-order valence-electron chi connectivity index (χ0n) is 17.3. The molecule has 160 valence electrons. The normalized spacial score (nSPS) is 13.3. The number of hydrogen-bond donors (Lipinski definition) is 0. The molecule has 0 spiro atoms. The van der Waals surface area contributed by atoms with E-state index in [4.69, 9.17) is 9.47 Å². The van der Waals surface area contributed by atoms with E-state index in [-0.39, 0.29) is 28.9 Å². The van der Waals surface area contributed by atoms with E-state index in [1.54, 1.807) is 55.3 Å². The summed E-state index contributed by atoms with van der Waals surface area (Å²) in [6.45, 7) is 3.11. The highest BCUT2D eigenvalue weighted by molar-refractivity contribution is 5.94. The molecule has 3 aromatic rings. The predicted molar refractivity (Wildman–Crippen MR) is 113 cm³/mol. The molecule has 0 radical (unpaired) electrons. The second kappa shape index (κ2) is 8.47. The lowest BCUT2D eigenvalue weighted by Gasteiger charge is -2.13. The van der Waals surface area contributed by atoms with Crippen molar-refractivity contribution in [2.75, 3.05) is 20.2 Å². The molecule has 9 nitrogen and oxygen atoms in total. The molecule has 1 aromatic heterocycles. The average Bonchev–Trinajstić information content (AvgIpc) is 3.43. The maximum Gasteiger partial charge on any atom is 0.311 e. The molecule has 1 fully saturated rings. The molecule has 31 heavy (non-hydrogen) atoms. The summed E-state index contributed by atoms with van der Waals surface area (Å²) in [5.74, 6) is 0.823. The highest BCUT2D eigenvalue weighted by atomic mass is 16.6. The van der Waals surface area contributed by atoms with Gasteiger partial charge in [-0.15, -0.1) is 0 Å². The molecule has 9 heteroatoms. The first-order chi connectivity index (χ1) is 15.0. The zero-order valence-corrected chi connectivity index (χ0v) is 17.3. The first-order valence-corrected chi connectivity index (χ1v) is 9.94. The molecule has 0 unspecified atom stereocenters. The Balaban J connectivity index is 1.81. The Hall–Kier alpha value is -3.88. The fourth-order valence-electron chi connectivity index (χ4n) is 3.57. The van der Waals surface area contributed by atoms with Gasteiger partial charge < -0.3 is 14.4 Å². The van der Waals surface area contributed by atoms with Crippen molar-refractivity contribution in [3.05, 3.63) is 69.9 Å². The van der Waals surface area contributed by atoms with Crippen LogP contribution in [0.5, 0.6) is 17.4 Å². The summed E-state index contributed by atoms with van der Waals surface area (Å²) in [6.07, 6.45) is 1.92. The van der Waals surface area contributed by atoms with Crippen LogP contribution in [0.15, 0.2) is 48.5 Å². The monoisotopic (exact) mass is 422 g/mol. The number of carbonyl (C=O) groups is 1. The summed E-state index contributed by atoms with van der Waals surface area (Å²) in [5, 5.41) is 16.0.